The van der Waals surface area contributed by atoms with Crippen molar-refractivity contribution in [2.45, 2.75) is 12.5 Å². The molecule has 3 N–H and O–H groups in total. The van der Waals surface area contributed by atoms with E-state index >= 15 is 0 Å². The Morgan fingerprint density at radius 2 is 2.03 bits per heavy atom. The molecule has 1 aliphatic heterocycles. The first-order valence-corrected chi connectivity index (χ1v) is 10.6. The first kappa shape index (κ1) is 20.7. The van der Waals surface area contributed by atoms with E-state index in [0.717, 1.165) is 10.5 Å². The second-order valence-corrected chi connectivity index (χ2v) is 9.17. The molecule has 162 valence electrons. The first-order chi connectivity index (χ1) is 14.6. The Labute approximate surface area is 177 Å². The number of hydrogen-bond donors (Lipinski definition) is 3. The Kier molecular flexibility index (Phi) is 4.84. The number of methoxy groups -OCH3 is 1. The van der Waals surface area contributed by atoms with Crippen molar-refractivity contribution in [1.29, 1.82) is 5.41 Å². The summed E-state index contributed by atoms with van der Waals surface area (Å²) in [6.45, 7) is 1.52. The third-order valence-electron chi connectivity index (χ3n) is 4.98. The summed E-state index contributed by atoms with van der Waals surface area (Å²) in [6, 6.07) is 3.08. The largest absolute Gasteiger partial charge is 0.495 e. The van der Waals surface area contributed by atoms with Gasteiger partial charge in [-0.3, -0.25) is 5.41 Å². The third-order valence-corrected chi connectivity index (χ3v) is 6.94. The van der Waals surface area contributed by atoms with Crippen LogP contribution in [0.3, 0.4) is 0 Å². The van der Waals surface area contributed by atoms with Crippen molar-refractivity contribution in [2.75, 3.05) is 25.2 Å². The van der Waals surface area contributed by atoms with Crippen molar-refractivity contribution in [3.8, 4) is 5.75 Å². The van der Waals surface area contributed by atoms with Gasteiger partial charge in [-0.25, -0.2) is 37.0 Å². The summed E-state index contributed by atoms with van der Waals surface area (Å²) in [5, 5.41) is 13.7. The van der Waals surface area contributed by atoms with Gasteiger partial charge in [0, 0.05) is 18.7 Å². The summed E-state index contributed by atoms with van der Waals surface area (Å²) in [5.74, 6) is -0.400. The van der Waals surface area contributed by atoms with Crippen LogP contribution >= 0.6 is 0 Å². The highest BCUT2D eigenvalue weighted by Gasteiger charge is 2.43. The lowest BCUT2D eigenvalue weighted by Crippen LogP contribution is -2.61. The summed E-state index contributed by atoms with van der Waals surface area (Å²) in [5.41, 5.74) is -0.350. The Morgan fingerprint density at radius 3 is 2.74 bits per heavy atom. The van der Waals surface area contributed by atoms with Gasteiger partial charge in [-0.1, -0.05) is 0 Å². The normalized spacial score (nSPS) is 20.4. The molecule has 0 aliphatic carbocycles. The molecule has 0 saturated carbocycles. The van der Waals surface area contributed by atoms with E-state index in [0.29, 0.717) is 22.6 Å². The predicted molar refractivity (Wildman–Crippen MR) is 111 cm³/mol. The second kappa shape index (κ2) is 7.27. The molecule has 0 aromatic carbocycles. The number of nitrogens with one attached hydrogen (secondary N) is 3. The molecule has 1 saturated heterocycles. The van der Waals surface area contributed by atoms with Crippen molar-refractivity contribution in [3.05, 3.63) is 42.2 Å². The molecule has 0 bridgehead atoms. The highest BCUT2D eigenvalue weighted by Crippen LogP contribution is 2.31. The summed E-state index contributed by atoms with van der Waals surface area (Å²) < 4.78 is 45.5. The molecule has 3 aromatic rings. The van der Waals surface area contributed by atoms with Gasteiger partial charge < -0.3 is 15.4 Å². The number of halogens is 1. The number of guanidine groups is 1. The molecular weight excluding hydrogens is 427 g/mol. The Morgan fingerprint density at radius 1 is 1.26 bits per heavy atom. The van der Waals surface area contributed by atoms with Gasteiger partial charge in [0.2, 0.25) is 16.0 Å². The van der Waals surface area contributed by atoms with E-state index in [9.17, 15) is 12.8 Å². The van der Waals surface area contributed by atoms with Crippen molar-refractivity contribution >= 4 is 38.7 Å². The standard InChI is InChI=1S/C18H19FN8O3S/c1-18(8-31(28,29)27(2)17(20)26-18)11-5-14(21-7-12(11)19)25-16-15-13(23-9-24-16)4-10(30-3)6-22-15/h4-7,9H,8H2,1-3H3,(H2,20,26)(H,21,23,24,25)/t18-/m0/s1. The van der Waals surface area contributed by atoms with E-state index in [-0.39, 0.29) is 17.3 Å². The summed E-state index contributed by atoms with van der Waals surface area (Å²) >= 11 is 0. The van der Waals surface area contributed by atoms with Crippen molar-refractivity contribution in [1.82, 2.24) is 29.6 Å². The van der Waals surface area contributed by atoms with E-state index in [1.54, 1.807) is 6.07 Å². The molecule has 31 heavy (non-hydrogen) atoms. The average molecular weight is 446 g/mol. The van der Waals surface area contributed by atoms with Gasteiger partial charge in [0.05, 0.1) is 36.3 Å². The van der Waals surface area contributed by atoms with Crippen LogP contribution in [0.4, 0.5) is 16.0 Å². The number of ether oxygens (including phenoxy) is 1. The predicted octanol–water partition coefficient (Wildman–Crippen LogP) is 1.33. The first-order valence-electron chi connectivity index (χ1n) is 9.04. The monoisotopic (exact) mass is 446 g/mol. The Hall–Kier alpha value is -3.61. The minimum Gasteiger partial charge on any atom is -0.495 e. The highest BCUT2D eigenvalue weighted by atomic mass is 32.2. The lowest BCUT2D eigenvalue weighted by molar-refractivity contribution is 0.402. The molecular formula is C18H19FN8O3S. The number of fused-ring (bicyclic) bond motifs is 1. The molecule has 1 aliphatic rings. The summed E-state index contributed by atoms with van der Waals surface area (Å²) in [7, 11) is -1.01. The lowest BCUT2D eigenvalue weighted by atomic mass is 9.94. The number of rotatable bonds is 4. The Balaban J connectivity index is 1.73. The number of aromatic nitrogens is 4. The minimum absolute atomic E-state index is 0.0411. The fraction of sp³-hybridized carbons (Fsp3) is 0.278. The maximum absolute atomic E-state index is 14.7. The van der Waals surface area contributed by atoms with Gasteiger partial charge in [0.25, 0.3) is 0 Å². The fourth-order valence-electron chi connectivity index (χ4n) is 3.30. The van der Waals surface area contributed by atoms with Crippen LogP contribution in [0.2, 0.25) is 0 Å². The topological polar surface area (TPSA) is 146 Å². The quantitative estimate of drug-likeness (QED) is 0.540. The van der Waals surface area contributed by atoms with Crippen LogP contribution in [0.1, 0.15) is 12.5 Å². The van der Waals surface area contributed by atoms with E-state index in [4.69, 9.17) is 10.1 Å². The lowest BCUT2D eigenvalue weighted by Gasteiger charge is -2.40. The smallest absolute Gasteiger partial charge is 0.239 e. The van der Waals surface area contributed by atoms with Crippen LogP contribution in [-0.2, 0) is 15.6 Å². The van der Waals surface area contributed by atoms with Crippen LogP contribution < -0.4 is 15.4 Å². The van der Waals surface area contributed by atoms with Crippen molar-refractivity contribution in [3.63, 3.8) is 0 Å². The molecule has 3 aromatic heterocycles. The van der Waals surface area contributed by atoms with E-state index in [1.807, 2.05) is 0 Å². The second-order valence-electron chi connectivity index (χ2n) is 7.17. The molecule has 4 rings (SSSR count). The highest BCUT2D eigenvalue weighted by molar-refractivity contribution is 7.89. The molecule has 1 fully saturated rings. The van der Waals surface area contributed by atoms with Crippen LogP contribution in [0.5, 0.6) is 5.75 Å². The van der Waals surface area contributed by atoms with Gasteiger partial charge >= 0.3 is 0 Å². The maximum atomic E-state index is 14.7. The van der Waals surface area contributed by atoms with Crippen LogP contribution in [0, 0.1) is 11.2 Å². The number of sulfonamides is 1. The SMILES string of the molecule is COc1cnc2c(Nc3cc([C@]4(C)CS(=O)(=O)N(C)C(=N)N4)c(F)cn3)ncnc2c1. The zero-order valence-electron chi connectivity index (χ0n) is 16.8. The van der Waals surface area contributed by atoms with Crippen LogP contribution in [-0.4, -0.2) is 58.5 Å². The average Bonchev–Trinajstić information content (AvgIpc) is 2.72. The zero-order chi connectivity index (χ0) is 22.4. The van der Waals surface area contributed by atoms with Gasteiger partial charge in [-0.2, -0.15) is 0 Å². The van der Waals surface area contributed by atoms with E-state index < -0.39 is 27.1 Å². The van der Waals surface area contributed by atoms with E-state index in [1.165, 1.54) is 39.7 Å². The number of hydrogen-bond acceptors (Lipinski definition) is 9. The molecule has 4 heterocycles. The van der Waals surface area contributed by atoms with E-state index in [2.05, 4.69) is 30.6 Å². The maximum Gasteiger partial charge on any atom is 0.239 e. The number of pyridine rings is 2. The molecule has 0 unspecified atom stereocenters. The summed E-state index contributed by atoms with van der Waals surface area (Å²) in [6.07, 6.45) is 3.84. The molecule has 1 atom stereocenters. The van der Waals surface area contributed by atoms with Gasteiger partial charge in [-0.05, 0) is 13.0 Å². The third kappa shape index (κ3) is 3.67. The van der Waals surface area contributed by atoms with Gasteiger partial charge in [0.15, 0.2) is 5.82 Å². The minimum atomic E-state index is -3.79. The number of anilines is 2. The number of nitrogens with zero attached hydrogens (tertiary/aromatic N) is 5. The molecule has 0 spiro atoms. The molecule has 11 nitrogen and oxygen atoms in total. The zero-order valence-corrected chi connectivity index (χ0v) is 17.7. The fourth-order valence-corrected chi connectivity index (χ4v) is 4.78. The van der Waals surface area contributed by atoms with Crippen molar-refractivity contribution in [2.24, 2.45) is 0 Å². The Bertz CT molecular complexity index is 1300. The summed E-state index contributed by atoms with van der Waals surface area (Å²) in [4.78, 5) is 16.7. The molecule has 0 radical (unpaired) electrons. The van der Waals surface area contributed by atoms with Gasteiger partial charge in [-0.15, -0.1) is 0 Å². The van der Waals surface area contributed by atoms with Crippen molar-refractivity contribution < 1.29 is 17.5 Å². The van der Waals surface area contributed by atoms with Crippen LogP contribution in [0.15, 0.2) is 30.9 Å². The van der Waals surface area contributed by atoms with Gasteiger partial charge in [0.1, 0.15) is 29.2 Å². The van der Waals surface area contributed by atoms with Crippen LogP contribution in [0.25, 0.3) is 11.0 Å². The molecule has 0 amide bonds. The molecule has 13 heteroatoms.